The summed E-state index contributed by atoms with van der Waals surface area (Å²) in [7, 11) is 1.90. The molecule has 0 saturated heterocycles. The maximum atomic E-state index is 12.5. The van der Waals surface area contributed by atoms with Crippen molar-refractivity contribution in [3.05, 3.63) is 35.9 Å². The first-order chi connectivity index (χ1) is 9.63. The molecule has 0 bridgehead atoms. The zero-order valence-corrected chi connectivity index (χ0v) is 12.6. The van der Waals surface area contributed by atoms with E-state index in [4.69, 9.17) is 5.73 Å². The molecule has 0 aromatic heterocycles. The van der Waals surface area contributed by atoms with Gasteiger partial charge >= 0.3 is 0 Å². The van der Waals surface area contributed by atoms with Crippen molar-refractivity contribution in [3.8, 4) is 0 Å². The van der Waals surface area contributed by atoms with Gasteiger partial charge in [-0.25, -0.2) is 0 Å². The Morgan fingerprint density at radius 3 is 2.40 bits per heavy atom. The predicted octanol–water partition coefficient (Wildman–Crippen LogP) is 3.11. The molecular formula is C17H26N2O. The smallest absolute Gasteiger partial charge is 0.244 e. The molecule has 0 spiro atoms. The number of likely N-dealkylation sites (N-methyl/N-ethyl adjacent to an activating group) is 1. The van der Waals surface area contributed by atoms with E-state index in [9.17, 15) is 4.79 Å². The first-order valence-electron chi connectivity index (χ1n) is 7.70. The average molecular weight is 274 g/mol. The van der Waals surface area contributed by atoms with Gasteiger partial charge in [0.25, 0.3) is 0 Å². The van der Waals surface area contributed by atoms with E-state index < -0.39 is 6.04 Å². The van der Waals surface area contributed by atoms with Crippen LogP contribution in [0.3, 0.4) is 0 Å². The van der Waals surface area contributed by atoms with Crippen LogP contribution in [0.4, 0.5) is 0 Å². The Hall–Kier alpha value is -1.35. The van der Waals surface area contributed by atoms with Gasteiger partial charge in [-0.05, 0) is 37.2 Å². The molecule has 1 aliphatic rings. The molecule has 2 rings (SSSR count). The molecule has 2 N–H and O–H groups in total. The lowest BCUT2D eigenvalue weighted by molar-refractivity contribution is -0.134. The monoisotopic (exact) mass is 274 g/mol. The van der Waals surface area contributed by atoms with E-state index in [0.717, 1.165) is 24.3 Å². The van der Waals surface area contributed by atoms with E-state index in [-0.39, 0.29) is 5.91 Å². The van der Waals surface area contributed by atoms with E-state index in [2.05, 4.69) is 6.92 Å². The quantitative estimate of drug-likeness (QED) is 0.917. The van der Waals surface area contributed by atoms with Crippen molar-refractivity contribution in [2.75, 3.05) is 7.05 Å². The highest BCUT2D eigenvalue weighted by Crippen LogP contribution is 2.29. The minimum Gasteiger partial charge on any atom is -0.341 e. The molecule has 0 aliphatic heterocycles. The summed E-state index contributed by atoms with van der Waals surface area (Å²) in [6.07, 6.45) is 5.96. The number of rotatable bonds is 4. The van der Waals surface area contributed by atoms with Crippen molar-refractivity contribution < 1.29 is 4.79 Å². The van der Waals surface area contributed by atoms with Gasteiger partial charge in [0.2, 0.25) is 5.91 Å². The van der Waals surface area contributed by atoms with Gasteiger partial charge < -0.3 is 10.6 Å². The van der Waals surface area contributed by atoms with Gasteiger partial charge in [0, 0.05) is 13.1 Å². The van der Waals surface area contributed by atoms with Gasteiger partial charge in [-0.1, -0.05) is 43.7 Å². The Kier molecular flexibility index (Phi) is 5.18. The molecule has 1 aliphatic carbocycles. The normalized spacial score (nSPS) is 24.1. The van der Waals surface area contributed by atoms with Crippen LogP contribution >= 0.6 is 0 Å². The minimum atomic E-state index is -0.537. The summed E-state index contributed by atoms with van der Waals surface area (Å²) < 4.78 is 0. The molecule has 20 heavy (non-hydrogen) atoms. The average Bonchev–Trinajstić information content (AvgIpc) is 2.53. The summed E-state index contributed by atoms with van der Waals surface area (Å²) in [5, 5.41) is 0. The van der Waals surface area contributed by atoms with E-state index >= 15 is 0 Å². The predicted molar refractivity (Wildman–Crippen MR) is 82.2 cm³/mol. The van der Waals surface area contributed by atoms with Crippen LogP contribution in [0.25, 0.3) is 0 Å². The Labute approximate surface area is 122 Å². The summed E-state index contributed by atoms with van der Waals surface area (Å²) in [5.74, 6) is 0.883. The maximum absolute atomic E-state index is 12.5. The standard InChI is InChI=1S/C17H26N2O/c1-3-13-9-11-15(12-10-13)19(2)17(20)16(18)14-7-5-4-6-8-14/h4-8,13,15-16H,3,9-12,18H2,1-2H3. The number of nitrogens with two attached hydrogens (primary N) is 1. The summed E-state index contributed by atoms with van der Waals surface area (Å²) >= 11 is 0. The van der Waals surface area contributed by atoms with Crippen molar-refractivity contribution in [2.24, 2.45) is 11.7 Å². The number of amides is 1. The second-order valence-corrected chi connectivity index (χ2v) is 5.92. The fourth-order valence-corrected chi connectivity index (χ4v) is 3.14. The lowest BCUT2D eigenvalue weighted by Crippen LogP contribution is -2.43. The van der Waals surface area contributed by atoms with Crippen molar-refractivity contribution >= 4 is 5.91 Å². The van der Waals surface area contributed by atoms with Crippen LogP contribution in [0.15, 0.2) is 30.3 Å². The summed E-state index contributed by atoms with van der Waals surface area (Å²) in [6, 6.07) is 9.46. The van der Waals surface area contributed by atoms with Crippen LogP contribution < -0.4 is 5.73 Å². The lowest BCUT2D eigenvalue weighted by atomic mass is 9.84. The van der Waals surface area contributed by atoms with E-state index in [1.165, 1.54) is 19.3 Å². The molecule has 3 heteroatoms. The molecule has 3 nitrogen and oxygen atoms in total. The van der Waals surface area contributed by atoms with Crippen LogP contribution in [0.1, 0.15) is 50.6 Å². The largest absolute Gasteiger partial charge is 0.341 e. The molecule has 1 aromatic carbocycles. The summed E-state index contributed by atoms with van der Waals surface area (Å²) in [5.41, 5.74) is 7.00. The van der Waals surface area contributed by atoms with Crippen LogP contribution in [0.2, 0.25) is 0 Å². The van der Waals surface area contributed by atoms with Crippen LogP contribution in [-0.4, -0.2) is 23.9 Å². The van der Waals surface area contributed by atoms with E-state index in [1.807, 2.05) is 42.3 Å². The molecular weight excluding hydrogens is 248 g/mol. The Balaban J connectivity index is 1.95. The second-order valence-electron chi connectivity index (χ2n) is 5.92. The third kappa shape index (κ3) is 3.40. The van der Waals surface area contributed by atoms with E-state index in [0.29, 0.717) is 6.04 Å². The fraction of sp³-hybridized carbons (Fsp3) is 0.588. The molecule has 1 atom stereocenters. The number of carbonyl (C=O) groups excluding carboxylic acids is 1. The van der Waals surface area contributed by atoms with Gasteiger partial charge in [0.05, 0.1) is 0 Å². The zero-order chi connectivity index (χ0) is 14.5. The van der Waals surface area contributed by atoms with Crippen molar-refractivity contribution in [1.82, 2.24) is 4.90 Å². The SMILES string of the molecule is CCC1CCC(N(C)C(=O)C(N)c2ccccc2)CC1. The highest BCUT2D eigenvalue weighted by Gasteiger charge is 2.28. The van der Waals surface area contributed by atoms with Gasteiger partial charge in [0.1, 0.15) is 6.04 Å². The second kappa shape index (κ2) is 6.89. The Morgan fingerprint density at radius 1 is 1.25 bits per heavy atom. The van der Waals surface area contributed by atoms with Crippen LogP contribution in [0, 0.1) is 5.92 Å². The summed E-state index contributed by atoms with van der Waals surface area (Å²) in [4.78, 5) is 14.4. The highest BCUT2D eigenvalue weighted by molar-refractivity contribution is 5.83. The molecule has 0 heterocycles. The third-order valence-electron chi connectivity index (χ3n) is 4.71. The minimum absolute atomic E-state index is 0.0381. The van der Waals surface area contributed by atoms with Crippen molar-refractivity contribution in [2.45, 2.75) is 51.1 Å². The first kappa shape index (κ1) is 15.0. The number of nitrogens with zero attached hydrogens (tertiary/aromatic N) is 1. The van der Waals surface area contributed by atoms with Crippen molar-refractivity contribution in [3.63, 3.8) is 0 Å². The fourth-order valence-electron chi connectivity index (χ4n) is 3.14. The number of carbonyl (C=O) groups is 1. The lowest BCUT2D eigenvalue weighted by Gasteiger charge is -2.35. The molecule has 1 saturated carbocycles. The van der Waals surface area contributed by atoms with Crippen molar-refractivity contribution in [1.29, 1.82) is 0 Å². The molecule has 0 radical (unpaired) electrons. The van der Waals surface area contributed by atoms with Gasteiger partial charge in [-0.3, -0.25) is 4.79 Å². The van der Waals surface area contributed by atoms with E-state index in [1.54, 1.807) is 0 Å². The van der Waals surface area contributed by atoms with Crippen LogP contribution in [0.5, 0.6) is 0 Å². The topological polar surface area (TPSA) is 46.3 Å². The Bertz CT molecular complexity index is 424. The number of benzene rings is 1. The maximum Gasteiger partial charge on any atom is 0.244 e. The number of hydrogen-bond acceptors (Lipinski definition) is 2. The van der Waals surface area contributed by atoms with Gasteiger partial charge in [0.15, 0.2) is 0 Å². The molecule has 110 valence electrons. The molecule has 1 amide bonds. The third-order valence-corrected chi connectivity index (χ3v) is 4.71. The van der Waals surface area contributed by atoms with Gasteiger partial charge in [-0.15, -0.1) is 0 Å². The van der Waals surface area contributed by atoms with Crippen LogP contribution in [-0.2, 0) is 4.79 Å². The first-order valence-corrected chi connectivity index (χ1v) is 7.70. The summed E-state index contributed by atoms with van der Waals surface area (Å²) in [6.45, 7) is 2.26. The highest BCUT2D eigenvalue weighted by atomic mass is 16.2. The van der Waals surface area contributed by atoms with Gasteiger partial charge in [-0.2, -0.15) is 0 Å². The molecule has 1 unspecified atom stereocenters. The number of hydrogen-bond donors (Lipinski definition) is 1. The Morgan fingerprint density at radius 2 is 1.85 bits per heavy atom. The zero-order valence-electron chi connectivity index (χ0n) is 12.6. The molecule has 1 fully saturated rings. The molecule has 1 aromatic rings.